The number of aromatic amines is 1. The topological polar surface area (TPSA) is 108 Å². The average molecular weight is 564 g/mol. The minimum atomic E-state index is -0.342. The molecule has 1 N–H and O–H groups in total. The second-order valence-corrected chi connectivity index (χ2v) is 11.6. The van der Waals surface area contributed by atoms with Crippen molar-refractivity contribution in [2.75, 3.05) is 24.5 Å². The number of benzene rings is 2. The Morgan fingerprint density at radius 1 is 1.02 bits per heavy atom. The van der Waals surface area contributed by atoms with Crippen LogP contribution >= 0.6 is 0 Å². The van der Waals surface area contributed by atoms with Crippen LogP contribution in [0, 0.1) is 5.82 Å². The van der Waals surface area contributed by atoms with Gasteiger partial charge in [-0.05, 0) is 78.4 Å². The van der Waals surface area contributed by atoms with E-state index in [0.717, 1.165) is 56.0 Å². The van der Waals surface area contributed by atoms with Gasteiger partial charge in [-0.3, -0.25) is 4.79 Å². The van der Waals surface area contributed by atoms with Crippen molar-refractivity contribution in [2.45, 2.75) is 50.5 Å². The van der Waals surface area contributed by atoms with Gasteiger partial charge in [0.25, 0.3) is 5.91 Å². The van der Waals surface area contributed by atoms with Crippen LogP contribution in [0.4, 0.5) is 10.1 Å². The first-order valence-corrected chi connectivity index (χ1v) is 14.6. The molecule has 2 fully saturated rings. The lowest BCUT2D eigenvalue weighted by Crippen LogP contribution is -2.39. The number of hydrogen-bond donors (Lipinski definition) is 1. The number of hydrogen-bond acceptors (Lipinski definition) is 7. The fourth-order valence-corrected chi connectivity index (χ4v) is 6.57. The van der Waals surface area contributed by atoms with E-state index in [-0.39, 0.29) is 23.7 Å². The van der Waals surface area contributed by atoms with E-state index in [1.807, 2.05) is 29.2 Å². The number of tetrazole rings is 1. The molecule has 1 aliphatic carbocycles. The molecule has 5 aromatic rings. The van der Waals surface area contributed by atoms with Gasteiger partial charge >= 0.3 is 0 Å². The summed E-state index contributed by atoms with van der Waals surface area (Å²) in [6, 6.07) is 17.3. The number of carbonyl (C=O) groups is 1. The molecule has 42 heavy (non-hydrogen) atoms. The predicted molar refractivity (Wildman–Crippen MR) is 154 cm³/mol. The Labute approximate surface area is 241 Å². The van der Waals surface area contributed by atoms with Gasteiger partial charge in [0.1, 0.15) is 11.5 Å². The third-order valence-corrected chi connectivity index (χ3v) is 9.06. The molecule has 0 radical (unpaired) electrons. The van der Waals surface area contributed by atoms with Crippen LogP contribution in [-0.2, 0) is 6.42 Å². The van der Waals surface area contributed by atoms with Gasteiger partial charge in [0.2, 0.25) is 0 Å². The van der Waals surface area contributed by atoms with E-state index < -0.39 is 0 Å². The number of nitrogens with zero attached hydrogens (tertiary/aromatic N) is 8. The van der Waals surface area contributed by atoms with Gasteiger partial charge in [-0.1, -0.05) is 24.3 Å². The molecular formula is C31H30FN9O. The Morgan fingerprint density at radius 2 is 1.90 bits per heavy atom. The molecule has 8 rings (SSSR count). The van der Waals surface area contributed by atoms with E-state index in [9.17, 15) is 4.79 Å². The van der Waals surface area contributed by atoms with Crippen molar-refractivity contribution >= 4 is 17.2 Å². The zero-order chi connectivity index (χ0) is 28.4. The van der Waals surface area contributed by atoms with Crippen molar-refractivity contribution in [2.24, 2.45) is 0 Å². The molecule has 1 saturated carbocycles. The number of aromatic nitrogens is 7. The zero-order valence-electron chi connectivity index (χ0n) is 23.2. The monoisotopic (exact) mass is 563 g/mol. The second kappa shape index (κ2) is 9.71. The van der Waals surface area contributed by atoms with E-state index in [4.69, 9.17) is 10.1 Å². The minimum absolute atomic E-state index is 0.0313. The summed E-state index contributed by atoms with van der Waals surface area (Å²) < 4.78 is 17.4. The number of rotatable bonds is 5. The SMILES string of the molecule is C[C@@H]1c2ccccc2CCN1C(=O)c1cc(C2CC2)n2nc(-c3ccc(N4CC[C@@H](c5nnn[nH]5)C4)cc3F)cc2n1. The minimum Gasteiger partial charge on any atom is -0.371 e. The maximum Gasteiger partial charge on any atom is 0.273 e. The van der Waals surface area contributed by atoms with Crippen molar-refractivity contribution < 1.29 is 9.18 Å². The number of carbonyl (C=O) groups excluding carboxylic acids is 1. The van der Waals surface area contributed by atoms with E-state index in [0.29, 0.717) is 35.1 Å². The molecule has 1 amide bonds. The van der Waals surface area contributed by atoms with Crippen LogP contribution in [0.5, 0.6) is 0 Å². The summed E-state index contributed by atoms with van der Waals surface area (Å²) in [5.41, 5.74) is 6.16. The number of nitrogens with one attached hydrogen (secondary N) is 1. The summed E-state index contributed by atoms with van der Waals surface area (Å²) >= 11 is 0. The normalized spacial score (nSPS) is 20.3. The molecule has 2 atom stereocenters. The summed E-state index contributed by atoms with van der Waals surface area (Å²) in [6.07, 6.45) is 3.80. The van der Waals surface area contributed by atoms with Crippen LogP contribution in [-0.4, -0.2) is 65.7 Å². The molecule has 2 aliphatic heterocycles. The quantitative estimate of drug-likeness (QED) is 0.331. The van der Waals surface area contributed by atoms with Crippen molar-refractivity contribution in [3.8, 4) is 11.3 Å². The fraction of sp³-hybridized carbons (Fsp3) is 0.355. The highest BCUT2D eigenvalue weighted by Crippen LogP contribution is 2.41. The molecule has 212 valence electrons. The molecule has 0 bridgehead atoms. The number of H-pyrrole nitrogens is 1. The van der Waals surface area contributed by atoms with Crippen molar-refractivity contribution in [3.05, 3.63) is 88.8 Å². The Bertz CT molecular complexity index is 1810. The van der Waals surface area contributed by atoms with Crippen LogP contribution in [0.15, 0.2) is 54.6 Å². The van der Waals surface area contributed by atoms with Crippen molar-refractivity contribution in [3.63, 3.8) is 0 Å². The molecule has 2 aromatic carbocycles. The Kier molecular flexibility index (Phi) is 5.80. The maximum absolute atomic E-state index is 15.6. The standard InChI is InChI=1S/C31H30FN9O/c1-18-23-5-3-2-4-19(23)11-13-40(18)31(42)27-15-28(20-6-7-20)41-29(33-27)16-26(36-41)24-9-8-22(14-25(24)32)39-12-10-21(17-39)30-34-37-38-35-30/h2-5,8-9,14-16,18,20-21H,6-7,10-13,17H2,1H3,(H,34,35,37,38)/t18-,21-/m1/s1. The van der Waals surface area contributed by atoms with E-state index in [2.05, 4.69) is 44.6 Å². The molecule has 0 spiro atoms. The van der Waals surface area contributed by atoms with Crippen molar-refractivity contribution in [1.29, 1.82) is 0 Å². The third kappa shape index (κ3) is 4.22. The highest BCUT2D eigenvalue weighted by molar-refractivity contribution is 5.93. The van der Waals surface area contributed by atoms with Crippen LogP contribution in [0.2, 0.25) is 0 Å². The molecular weight excluding hydrogens is 533 g/mol. The van der Waals surface area contributed by atoms with Gasteiger partial charge in [-0.15, -0.1) is 5.10 Å². The van der Waals surface area contributed by atoms with Gasteiger partial charge in [0, 0.05) is 54.5 Å². The lowest BCUT2D eigenvalue weighted by atomic mass is 9.93. The first-order chi connectivity index (χ1) is 20.5. The van der Waals surface area contributed by atoms with Gasteiger partial charge in [0.15, 0.2) is 11.5 Å². The summed E-state index contributed by atoms with van der Waals surface area (Å²) in [4.78, 5) is 22.6. The number of fused-ring (bicyclic) bond motifs is 2. The first-order valence-electron chi connectivity index (χ1n) is 14.6. The molecule has 10 nitrogen and oxygen atoms in total. The molecule has 11 heteroatoms. The number of amides is 1. The highest BCUT2D eigenvalue weighted by Gasteiger charge is 2.33. The summed E-state index contributed by atoms with van der Waals surface area (Å²) in [5, 5.41) is 19.0. The lowest BCUT2D eigenvalue weighted by molar-refractivity contribution is 0.0671. The lowest BCUT2D eigenvalue weighted by Gasteiger charge is -2.35. The van der Waals surface area contributed by atoms with Crippen LogP contribution in [0.1, 0.15) is 77.2 Å². The third-order valence-electron chi connectivity index (χ3n) is 9.06. The number of halogens is 1. The fourth-order valence-electron chi connectivity index (χ4n) is 6.57. The smallest absolute Gasteiger partial charge is 0.273 e. The van der Waals surface area contributed by atoms with E-state index in [1.165, 1.54) is 11.1 Å². The summed E-state index contributed by atoms with van der Waals surface area (Å²) in [7, 11) is 0. The predicted octanol–water partition coefficient (Wildman–Crippen LogP) is 4.68. The Morgan fingerprint density at radius 3 is 2.71 bits per heavy atom. The van der Waals surface area contributed by atoms with Crippen LogP contribution in [0.25, 0.3) is 16.9 Å². The molecule has 3 aromatic heterocycles. The average Bonchev–Trinajstić information content (AvgIpc) is 3.37. The van der Waals surface area contributed by atoms with Crippen molar-refractivity contribution in [1.82, 2.24) is 40.1 Å². The number of anilines is 1. The van der Waals surface area contributed by atoms with Gasteiger partial charge < -0.3 is 9.80 Å². The van der Waals surface area contributed by atoms with E-state index >= 15 is 4.39 Å². The van der Waals surface area contributed by atoms with Gasteiger partial charge in [0.05, 0.1) is 11.7 Å². The van der Waals surface area contributed by atoms with E-state index in [1.54, 1.807) is 22.7 Å². The largest absolute Gasteiger partial charge is 0.371 e. The molecule has 0 unspecified atom stereocenters. The maximum atomic E-state index is 15.6. The van der Waals surface area contributed by atoms with Gasteiger partial charge in [-0.2, -0.15) is 5.10 Å². The van der Waals surface area contributed by atoms with Crippen LogP contribution in [0.3, 0.4) is 0 Å². The Hall–Kier alpha value is -4.67. The van der Waals surface area contributed by atoms with Crippen LogP contribution < -0.4 is 4.90 Å². The first kappa shape index (κ1) is 25.1. The highest BCUT2D eigenvalue weighted by atomic mass is 19.1. The second-order valence-electron chi connectivity index (χ2n) is 11.6. The zero-order valence-corrected chi connectivity index (χ0v) is 23.2. The Balaban J connectivity index is 1.09. The molecule has 3 aliphatic rings. The molecule has 5 heterocycles. The van der Waals surface area contributed by atoms with Gasteiger partial charge in [-0.25, -0.2) is 19.0 Å². The molecule has 1 saturated heterocycles. The summed E-state index contributed by atoms with van der Waals surface area (Å²) in [5.74, 6) is 0.850. The summed E-state index contributed by atoms with van der Waals surface area (Å²) in [6.45, 7) is 4.24.